The summed E-state index contributed by atoms with van der Waals surface area (Å²) in [5, 5.41) is 0. The van der Waals surface area contributed by atoms with Crippen molar-refractivity contribution in [1.82, 2.24) is 0 Å². The van der Waals surface area contributed by atoms with E-state index in [9.17, 15) is 4.79 Å². The lowest BCUT2D eigenvalue weighted by Crippen LogP contribution is -3.00. The fourth-order valence-corrected chi connectivity index (χ4v) is 5.59. The molecule has 0 fully saturated rings. The average Bonchev–Trinajstić information content (AvgIpc) is 3.35. The number of rotatable bonds is 19. The van der Waals surface area contributed by atoms with Crippen molar-refractivity contribution in [1.29, 1.82) is 0 Å². The summed E-state index contributed by atoms with van der Waals surface area (Å²) in [7, 11) is 0. The van der Waals surface area contributed by atoms with Crippen LogP contribution in [0.2, 0.25) is 0 Å². The summed E-state index contributed by atoms with van der Waals surface area (Å²) in [4.78, 5) is 15.6. The molecule has 0 atom stereocenters. The first kappa shape index (κ1) is 34.0. The van der Waals surface area contributed by atoms with Crippen LogP contribution in [-0.4, -0.2) is 12.5 Å². The maximum Gasteiger partial charge on any atom is 0.225 e. The molecule has 1 aromatic heterocycles. The van der Waals surface area contributed by atoms with E-state index in [1.54, 1.807) is 18.3 Å². The number of unbranched alkanes of at least 4 members (excludes halogenated alkanes) is 11. The van der Waals surface area contributed by atoms with Gasteiger partial charge in [-0.15, -0.1) is 0 Å². The van der Waals surface area contributed by atoms with Crippen LogP contribution in [0.25, 0.3) is 0 Å². The predicted octanol–water partition coefficient (Wildman–Crippen LogP) is 6.03. The molecule has 0 bridgehead atoms. The Hall–Kier alpha value is -2.18. The molecule has 0 spiro atoms. The van der Waals surface area contributed by atoms with Gasteiger partial charge in [-0.1, -0.05) is 113 Å². The van der Waals surface area contributed by atoms with Crippen LogP contribution in [0, 0.1) is 6.92 Å². The minimum Gasteiger partial charge on any atom is -1.00 e. The lowest BCUT2D eigenvalue weighted by molar-refractivity contribution is -0.683. The van der Waals surface area contributed by atoms with Crippen molar-refractivity contribution in [2.75, 3.05) is 11.5 Å². The largest absolute Gasteiger partial charge is 1.00 e. The van der Waals surface area contributed by atoms with Crippen LogP contribution in [0.5, 0.6) is 5.75 Å². The van der Waals surface area contributed by atoms with E-state index >= 15 is 0 Å². The molecule has 220 valence electrons. The molecule has 1 amide bonds. The third-order valence-corrected chi connectivity index (χ3v) is 8.07. The highest BCUT2D eigenvalue weighted by molar-refractivity contribution is 7.09. The number of benzene rings is 2. The number of carbonyl (C=O) groups is 1. The number of carbonyl (C=O) groups excluding carboxylic acids is 1. The van der Waals surface area contributed by atoms with E-state index in [-0.39, 0.29) is 22.9 Å². The fourth-order valence-electron chi connectivity index (χ4n) is 4.95. The quantitative estimate of drug-likeness (QED) is 0.120. The third-order valence-electron chi connectivity index (χ3n) is 7.22. The van der Waals surface area contributed by atoms with Crippen LogP contribution in [0.4, 0.5) is 5.69 Å². The first-order valence-electron chi connectivity index (χ1n) is 15.1. The second kappa shape index (κ2) is 19.8. The third kappa shape index (κ3) is 13.0. The van der Waals surface area contributed by atoms with Crippen LogP contribution >= 0.6 is 11.3 Å². The molecule has 40 heavy (non-hydrogen) atoms. The minimum absolute atomic E-state index is 0. The van der Waals surface area contributed by atoms with Crippen LogP contribution < -0.4 is 31.2 Å². The number of anilines is 1. The highest BCUT2D eigenvalue weighted by Gasteiger charge is 2.14. The van der Waals surface area contributed by atoms with E-state index < -0.39 is 0 Å². The first-order chi connectivity index (χ1) is 19.0. The summed E-state index contributed by atoms with van der Waals surface area (Å²) >= 11 is 1.75. The van der Waals surface area contributed by atoms with E-state index in [1.165, 1.54) is 81.1 Å². The van der Waals surface area contributed by atoms with Gasteiger partial charge in [0.1, 0.15) is 5.75 Å². The molecule has 0 saturated carbocycles. The molecule has 4 nitrogen and oxygen atoms in total. The zero-order valence-corrected chi connectivity index (χ0v) is 27.3. The second-order valence-corrected chi connectivity index (χ2v) is 11.9. The number of amides is 1. The zero-order valence-electron chi connectivity index (χ0n) is 24.9. The van der Waals surface area contributed by atoms with E-state index in [0.29, 0.717) is 6.54 Å². The molecule has 0 radical (unpaired) electrons. The topological polar surface area (TPSA) is 33.4 Å². The number of nitrogens with zero attached hydrogens (tertiary/aromatic N) is 2. The van der Waals surface area contributed by atoms with E-state index in [4.69, 9.17) is 4.74 Å². The van der Waals surface area contributed by atoms with Gasteiger partial charge in [-0.05, 0) is 43.2 Å². The average molecular weight is 630 g/mol. The molecule has 3 aromatic rings. The Morgan fingerprint density at radius 1 is 0.850 bits per heavy atom. The van der Waals surface area contributed by atoms with Crippen molar-refractivity contribution in [3.05, 3.63) is 76.2 Å². The van der Waals surface area contributed by atoms with Crippen molar-refractivity contribution in [2.45, 2.75) is 111 Å². The Kier molecular flexibility index (Phi) is 16.9. The summed E-state index contributed by atoms with van der Waals surface area (Å²) in [6.07, 6.45) is 18.3. The normalized spacial score (nSPS) is 10.8. The number of hydrogen-bond donors (Lipinski definition) is 0. The van der Waals surface area contributed by atoms with Gasteiger partial charge >= 0.3 is 0 Å². The lowest BCUT2D eigenvalue weighted by atomic mass is 10.1. The van der Waals surface area contributed by atoms with Gasteiger partial charge in [0.15, 0.2) is 12.7 Å². The summed E-state index contributed by atoms with van der Waals surface area (Å²) < 4.78 is 8.25. The first-order valence-corrected chi connectivity index (χ1v) is 16.0. The summed E-state index contributed by atoms with van der Waals surface area (Å²) in [5.41, 5.74) is 5.35. The number of thiazole rings is 1. The number of aryl methyl sites for hydroxylation is 1. The van der Waals surface area contributed by atoms with Gasteiger partial charge in [0.25, 0.3) is 0 Å². The monoisotopic (exact) mass is 628 g/mol. The smallest absolute Gasteiger partial charge is 0.225 e. The lowest BCUT2D eigenvalue weighted by Gasteiger charge is -2.22. The van der Waals surface area contributed by atoms with E-state index in [0.717, 1.165) is 36.6 Å². The Morgan fingerprint density at radius 2 is 1.48 bits per heavy atom. The number of halogens is 1. The molecule has 1 heterocycles. The van der Waals surface area contributed by atoms with Crippen LogP contribution in [0.3, 0.4) is 0 Å². The summed E-state index contributed by atoms with van der Waals surface area (Å²) in [5.74, 6) is 0.922. The summed E-state index contributed by atoms with van der Waals surface area (Å²) in [6.45, 7) is 8.15. The molecule has 0 aliphatic carbocycles. The maximum absolute atomic E-state index is 12.5. The van der Waals surface area contributed by atoms with Gasteiger partial charge in [-0.3, -0.25) is 4.79 Å². The standard InChI is InChI=1S/C34H49N2O2S.BrH/c1-4-5-6-7-8-9-10-11-12-13-14-15-23-38-34-18-16-17-32(24-34)27-36(30(3)37)33-21-19-31(20-22-33)26-35-25-29(2)39-28-35;/h16-22,24-25,28H,4-15,23,26-27H2,1-3H3;1H/q+1;/p-1. The van der Waals surface area contributed by atoms with Gasteiger partial charge in [0, 0.05) is 18.2 Å². The fraction of sp³-hybridized carbons (Fsp3) is 0.529. The van der Waals surface area contributed by atoms with Gasteiger partial charge in [-0.25, -0.2) is 0 Å². The molecule has 0 aliphatic rings. The molecular formula is C34H49BrN2O2S. The molecule has 6 heteroatoms. The predicted molar refractivity (Wildman–Crippen MR) is 165 cm³/mol. The van der Waals surface area contributed by atoms with Crippen molar-refractivity contribution < 1.29 is 31.1 Å². The second-order valence-electron chi connectivity index (χ2n) is 10.8. The Balaban J connectivity index is 0.00000560. The van der Waals surface area contributed by atoms with Crippen LogP contribution in [0.15, 0.2) is 60.2 Å². The number of ether oxygens (including phenoxy) is 1. The van der Waals surface area contributed by atoms with Crippen LogP contribution in [-0.2, 0) is 17.9 Å². The highest BCUT2D eigenvalue weighted by atomic mass is 79.9. The molecule has 2 aromatic carbocycles. The van der Waals surface area contributed by atoms with Crippen molar-refractivity contribution >= 4 is 22.9 Å². The van der Waals surface area contributed by atoms with Gasteiger partial charge in [-0.2, -0.15) is 4.57 Å². The van der Waals surface area contributed by atoms with Crippen molar-refractivity contribution in [3.63, 3.8) is 0 Å². The zero-order chi connectivity index (χ0) is 27.7. The molecule has 0 saturated heterocycles. The molecule has 0 N–H and O–H groups in total. The van der Waals surface area contributed by atoms with Crippen LogP contribution in [0.1, 0.15) is 107 Å². The number of hydrogen-bond acceptors (Lipinski definition) is 3. The number of aromatic nitrogens is 1. The SMILES string of the molecule is CCCCCCCCCCCCCCOc1cccc(CN(C(C)=O)c2ccc(C[n+]3csc(C)c3)cc2)c1.[Br-]. The van der Waals surface area contributed by atoms with Gasteiger partial charge in [0.05, 0.1) is 18.0 Å². The molecule has 0 aliphatic heterocycles. The van der Waals surface area contributed by atoms with Gasteiger partial charge in [0.2, 0.25) is 11.4 Å². The Bertz CT molecular complexity index is 1100. The highest BCUT2D eigenvalue weighted by Crippen LogP contribution is 2.21. The maximum atomic E-state index is 12.5. The van der Waals surface area contributed by atoms with E-state index in [1.807, 2.05) is 29.2 Å². The molecule has 3 rings (SSSR count). The van der Waals surface area contributed by atoms with Gasteiger partial charge < -0.3 is 26.6 Å². The minimum atomic E-state index is 0. The summed E-state index contributed by atoms with van der Waals surface area (Å²) in [6, 6.07) is 16.5. The Morgan fingerprint density at radius 3 is 2.05 bits per heavy atom. The van der Waals surface area contributed by atoms with E-state index in [2.05, 4.69) is 54.4 Å². The molecular weight excluding hydrogens is 580 g/mol. The molecule has 0 unspecified atom stereocenters. The van der Waals surface area contributed by atoms with Crippen molar-refractivity contribution in [3.8, 4) is 5.75 Å². The Labute approximate surface area is 257 Å². The van der Waals surface area contributed by atoms with Crippen molar-refractivity contribution in [2.24, 2.45) is 0 Å².